The van der Waals surface area contributed by atoms with Gasteiger partial charge < -0.3 is 4.90 Å². The van der Waals surface area contributed by atoms with Crippen LogP contribution in [0.15, 0.2) is 11.6 Å². The number of ketones is 1. The number of halogens is 1. The molecule has 3 heteroatoms. The highest BCUT2D eigenvalue weighted by atomic mass is 35.5. The van der Waals surface area contributed by atoms with Gasteiger partial charge in [0.2, 0.25) is 0 Å². The number of rotatable bonds is 3. The van der Waals surface area contributed by atoms with Crippen LogP contribution >= 0.6 is 12.4 Å². The Labute approximate surface area is 98.1 Å². The first-order chi connectivity index (χ1) is 6.75. The van der Waals surface area contributed by atoms with Gasteiger partial charge in [-0.3, -0.25) is 4.79 Å². The van der Waals surface area contributed by atoms with E-state index >= 15 is 0 Å². The summed E-state index contributed by atoms with van der Waals surface area (Å²) >= 11 is 0. The van der Waals surface area contributed by atoms with Crippen molar-refractivity contribution in [2.75, 3.05) is 20.1 Å². The summed E-state index contributed by atoms with van der Waals surface area (Å²) in [5.41, 5.74) is 1.06. The molecule has 1 saturated carbocycles. The van der Waals surface area contributed by atoms with Crippen LogP contribution in [-0.4, -0.2) is 30.8 Å². The number of carbonyl (C=O) groups excluding carboxylic acids is 1. The average Bonchev–Trinajstić information content (AvgIpc) is 2.11. The Hall–Kier alpha value is -0.340. The summed E-state index contributed by atoms with van der Waals surface area (Å²) in [6, 6.07) is 0. The largest absolute Gasteiger partial charge is 0.302 e. The second kappa shape index (κ2) is 5.66. The molecule has 0 aromatic heterocycles. The summed E-state index contributed by atoms with van der Waals surface area (Å²) in [4.78, 5) is 14.1. The zero-order valence-electron chi connectivity index (χ0n) is 9.37. The summed E-state index contributed by atoms with van der Waals surface area (Å²) in [6.07, 6.45) is 7.86. The smallest absolute Gasteiger partial charge is 0.160 e. The average molecular weight is 230 g/mol. The lowest BCUT2D eigenvalue weighted by Crippen LogP contribution is -2.29. The van der Waals surface area contributed by atoms with Crippen LogP contribution in [0.5, 0.6) is 0 Å². The number of carbonyl (C=O) groups is 1. The maximum Gasteiger partial charge on any atom is 0.160 e. The molecule has 1 heterocycles. The lowest BCUT2D eigenvalue weighted by Gasteiger charge is -2.27. The van der Waals surface area contributed by atoms with Crippen LogP contribution in [0.1, 0.15) is 32.1 Å². The predicted octanol–water partition coefficient (Wildman–Crippen LogP) is 2.43. The second-order valence-electron chi connectivity index (χ2n) is 4.68. The Morgan fingerprint density at radius 1 is 1.53 bits per heavy atom. The third-order valence-electron chi connectivity index (χ3n) is 3.40. The minimum atomic E-state index is 0. The van der Waals surface area contributed by atoms with Crippen molar-refractivity contribution in [1.29, 1.82) is 0 Å². The van der Waals surface area contributed by atoms with Gasteiger partial charge >= 0.3 is 0 Å². The number of hydrogen-bond acceptors (Lipinski definition) is 2. The molecule has 1 fully saturated rings. The van der Waals surface area contributed by atoms with Gasteiger partial charge in [0.15, 0.2) is 5.78 Å². The first-order valence-corrected chi connectivity index (χ1v) is 5.66. The summed E-state index contributed by atoms with van der Waals surface area (Å²) in [6.45, 7) is 1.96. The van der Waals surface area contributed by atoms with Gasteiger partial charge in [0.25, 0.3) is 0 Å². The quantitative estimate of drug-likeness (QED) is 0.741. The van der Waals surface area contributed by atoms with E-state index in [4.69, 9.17) is 0 Å². The molecule has 0 bridgehead atoms. The third kappa shape index (κ3) is 3.32. The van der Waals surface area contributed by atoms with E-state index in [0.29, 0.717) is 11.7 Å². The maximum atomic E-state index is 11.9. The Kier molecular flexibility index (Phi) is 4.81. The van der Waals surface area contributed by atoms with E-state index in [1.54, 1.807) is 0 Å². The van der Waals surface area contributed by atoms with E-state index < -0.39 is 0 Å². The van der Waals surface area contributed by atoms with E-state index in [2.05, 4.69) is 18.0 Å². The molecule has 0 unspecified atom stereocenters. The van der Waals surface area contributed by atoms with Crippen molar-refractivity contribution in [3.05, 3.63) is 11.6 Å². The molecule has 0 spiro atoms. The van der Waals surface area contributed by atoms with Crippen LogP contribution in [0.25, 0.3) is 0 Å². The zero-order chi connectivity index (χ0) is 9.97. The maximum absolute atomic E-state index is 11.9. The molecule has 0 saturated heterocycles. The molecule has 2 nitrogen and oxygen atoms in total. The first-order valence-electron chi connectivity index (χ1n) is 5.66. The summed E-state index contributed by atoms with van der Waals surface area (Å²) in [7, 11) is 2.09. The third-order valence-corrected chi connectivity index (χ3v) is 3.40. The van der Waals surface area contributed by atoms with Crippen LogP contribution in [0, 0.1) is 5.92 Å². The number of nitrogens with zero attached hydrogens (tertiary/aromatic N) is 1. The second-order valence-corrected chi connectivity index (χ2v) is 4.68. The van der Waals surface area contributed by atoms with Gasteiger partial charge in [0, 0.05) is 25.1 Å². The zero-order valence-corrected chi connectivity index (χ0v) is 10.2. The Balaban J connectivity index is 0.00000112. The summed E-state index contributed by atoms with van der Waals surface area (Å²) < 4.78 is 0. The highest BCUT2D eigenvalue weighted by Crippen LogP contribution is 2.30. The Morgan fingerprint density at radius 3 is 2.80 bits per heavy atom. The number of Topliss-reactive ketones (excluding diaryl/α,β-unsaturated/α-hetero) is 1. The van der Waals surface area contributed by atoms with Crippen molar-refractivity contribution in [3.8, 4) is 0 Å². The standard InChI is InChI=1S/C12H19NO.ClH/c1-13-7-3-6-11(9-13)12(14)8-10-4-2-5-10;/h6,10H,2-5,7-9H2,1H3;1H. The van der Waals surface area contributed by atoms with Crippen molar-refractivity contribution in [2.24, 2.45) is 5.92 Å². The fourth-order valence-electron chi connectivity index (χ4n) is 2.19. The van der Waals surface area contributed by atoms with Gasteiger partial charge in [-0.15, -0.1) is 12.4 Å². The molecule has 0 atom stereocenters. The van der Waals surface area contributed by atoms with Gasteiger partial charge in [-0.25, -0.2) is 0 Å². The van der Waals surface area contributed by atoms with Gasteiger partial charge in [0.1, 0.15) is 0 Å². The molecule has 1 aliphatic heterocycles. The molecule has 0 amide bonds. The molecule has 0 aromatic rings. The highest BCUT2D eigenvalue weighted by molar-refractivity contribution is 5.96. The fourth-order valence-corrected chi connectivity index (χ4v) is 2.19. The van der Waals surface area contributed by atoms with Crippen LogP contribution in [0.2, 0.25) is 0 Å². The molecule has 0 radical (unpaired) electrons. The topological polar surface area (TPSA) is 20.3 Å². The minimum Gasteiger partial charge on any atom is -0.302 e. The van der Waals surface area contributed by atoms with Gasteiger partial charge in [-0.1, -0.05) is 25.3 Å². The first kappa shape index (κ1) is 12.7. The molecule has 86 valence electrons. The van der Waals surface area contributed by atoms with Crippen LogP contribution in [0.4, 0.5) is 0 Å². The van der Waals surface area contributed by atoms with E-state index in [0.717, 1.165) is 31.5 Å². The summed E-state index contributed by atoms with van der Waals surface area (Å²) in [5.74, 6) is 1.11. The summed E-state index contributed by atoms with van der Waals surface area (Å²) in [5, 5.41) is 0. The van der Waals surface area contributed by atoms with Gasteiger partial charge in [0.05, 0.1) is 0 Å². The lowest BCUT2D eigenvalue weighted by atomic mass is 9.80. The van der Waals surface area contributed by atoms with Crippen molar-refractivity contribution in [3.63, 3.8) is 0 Å². The monoisotopic (exact) mass is 229 g/mol. The lowest BCUT2D eigenvalue weighted by molar-refractivity contribution is -0.117. The number of hydrogen-bond donors (Lipinski definition) is 0. The van der Waals surface area contributed by atoms with Gasteiger partial charge in [-0.05, 0) is 19.4 Å². The van der Waals surface area contributed by atoms with Crippen molar-refractivity contribution >= 4 is 18.2 Å². The van der Waals surface area contributed by atoms with Crippen molar-refractivity contribution < 1.29 is 4.79 Å². The molecule has 0 aromatic carbocycles. The van der Waals surface area contributed by atoms with Gasteiger partial charge in [-0.2, -0.15) is 0 Å². The van der Waals surface area contributed by atoms with E-state index in [1.165, 1.54) is 19.3 Å². The Morgan fingerprint density at radius 2 is 2.27 bits per heavy atom. The molecule has 15 heavy (non-hydrogen) atoms. The predicted molar refractivity (Wildman–Crippen MR) is 64.4 cm³/mol. The SMILES string of the molecule is CN1CCC=C(C(=O)CC2CCC2)C1.Cl. The van der Waals surface area contributed by atoms with E-state index in [9.17, 15) is 4.79 Å². The molecule has 0 N–H and O–H groups in total. The Bertz CT molecular complexity index is 258. The molecular formula is C12H20ClNO. The van der Waals surface area contributed by atoms with E-state index in [1.807, 2.05) is 0 Å². The molecular weight excluding hydrogens is 210 g/mol. The van der Waals surface area contributed by atoms with E-state index in [-0.39, 0.29) is 12.4 Å². The molecule has 2 aliphatic rings. The normalized spacial score (nSPS) is 22.6. The highest BCUT2D eigenvalue weighted by Gasteiger charge is 2.23. The van der Waals surface area contributed by atoms with Crippen molar-refractivity contribution in [2.45, 2.75) is 32.1 Å². The molecule has 1 aliphatic carbocycles. The molecule has 2 rings (SSSR count). The van der Waals surface area contributed by atoms with Crippen LogP contribution in [0.3, 0.4) is 0 Å². The number of likely N-dealkylation sites (N-methyl/N-ethyl adjacent to an activating group) is 1. The van der Waals surface area contributed by atoms with Crippen LogP contribution in [-0.2, 0) is 4.79 Å². The minimum absolute atomic E-state index is 0. The fraction of sp³-hybridized carbons (Fsp3) is 0.750. The van der Waals surface area contributed by atoms with Crippen LogP contribution < -0.4 is 0 Å². The van der Waals surface area contributed by atoms with Crippen molar-refractivity contribution in [1.82, 2.24) is 4.90 Å².